The Morgan fingerprint density at radius 1 is 1.32 bits per heavy atom. The van der Waals surface area contributed by atoms with Crippen molar-refractivity contribution in [2.24, 2.45) is 0 Å². The molecule has 0 saturated heterocycles. The highest BCUT2D eigenvalue weighted by Gasteiger charge is 2.19. The molecule has 0 fully saturated rings. The van der Waals surface area contributed by atoms with Gasteiger partial charge in [-0.05, 0) is 38.8 Å². The van der Waals surface area contributed by atoms with Crippen molar-refractivity contribution in [1.82, 2.24) is 14.9 Å². The number of thiophene rings is 1. The van der Waals surface area contributed by atoms with E-state index in [1.54, 1.807) is 11.7 Å². The lowest BCUT2D eigenvalue weighted by Crippen LogP contribution is -2.29. The molecule has 166 valence electrons. The van der Waals surface area contributed by atoms with Crippen molar-refractivity contribution in [3.63, 3.8) is 0 Å². The number of methoxy groups -OCH3 is 1. The molecule has 1 N–H and O–H groups in total. The Labute approximate surface area is 191 Å². The molecular weight excluding hydrogens is 430 g/mol. The van der Waals surface area contributed by atoms with Gasteiger partial charge in [-0.25, -0.2) is 4.98 Å². The predicted octanol–water partition coefficient (Wildman–Crippen LogP) is 4.85. The third kappa shape index (κ3) is 5.13. The molecule has 6 nitrogen and oxygen atoms in total. The molecule has 2 aromatic heterocycles. The summed E-state index contributed by atoms with van der Waals surface area (Å²) in [5, 5.41) is 4.33. The van der Waals surface area contributed by atoms with Crippen molar-refractivity contribution in [1.29, 1.82) is 0 Å². The van der Waals surface area contributed by atoms with Crippen LogP contribution in [0.1, 0.15) is 48.7 Å². The van der Waals surface area contributed by atoms with Crippen molar-refractivity contribution in [3.8, 4) is 5.75 Å². The number of carbonyl (C=O) groups is 1. The molecular formula is C23H29N3O3S2. The average Bonchev–Trinajstić information content (AvgIpc) is 3.05. The Hall–Kier alpha value is -2.32. The Morgan fingerprint density at radius 2 is 2.06 bits per heavy atom. The first-order chi connectivity index (χ1) is 14.9. The number of thioether (sulfide) groups is 1. The van der Waals surface area contributed by atoms with Gasteiger partial charge in [0.05, 0.1) is 24.3 Å². The second-order valence-electron chi connectivity index (χ2n) is 7.49. The van der Waals surface area contributed by atoms with Crippen LogP contribution in [0.25, 0.3) is 10.2 Å². The quantitative estimate of drug-likeness (QED) is 0.366. The van der Waals surface area contributed by atoms with E-state index in [1.165, 1.54) is 23.1 Å². The molecule has 1 atom stereocenters. The number of hydrogen-bond acceptors (Lipinski definition) is 6. The molecule has 0 bridgehead atoms. The van der Waals surface area contributed by atoms with Crippen molar-refractivity contribution in [2.75, 3.05) is 12.9 Å². The number of para-hydroxylation sites is 1. The molecule has 3 aromatic rings. The molecule has 1 unspecified atom stereocenters. The van der Waals surface area contributed by atoms with Crippen LogP contribution in [0.5, 0.6) is 5.75 Å². The third-order valence-corrected chi connectivity index (χ3v) is 7.38. The summed E-state index contributed by atoms with van der Waals surface area (Å²) in [4.78, 5) is 32.4. The molecule has 3 rings (SSSR count). The van der Waals surface area contributed by atoms with Gasteiger partial charge in [0.15, 0.2) is 5.16 Å². The van der Waals surface area contributed by atoms with Crippen molar-refractivity contribution in [2.45, 2.75) is 58.3 Å². The lowest BCUT2D eigenvalue weighted by atomic mass is 10.1. The van der Waals surface area contributed by atoms with Gasteiger partial charge >= 0.3 is 0 Å². The van der Waals surface area contributed by atoms with Gasteiger partial charge in [0.1, 0.15) is 10.6 Å². The first-order valence-corrected chi connectivity index (χ1v) is 12.2. The van der Waals surface area contributed by atoms with Crippen LogP contribution in [-0.4, -0.2) is 28.3 Å². The van der Waals surface area contributed by atoms with Crippen LogP contribution < -0.4 is 15.6 Å². The molecule has 0 radical (unpaired) electrons. The zero-order valence-electron chi connectivity index (χ0n) is 18.7. The number of hydrogen-bond donors (Lipinski definition) is 1. The fourth-order valence-electron chi connectivity index (χ4n) is 3.45. The molecule has 0 aliphatic rings. The number of benzene rings is 1. The zero-order valence-corrected chi connectivity index (χ0v) is 20.3. The number of nitrogens with zero attached hydrogens (tertiary/aromatic N) is 2. The maximum atomic E-state index is 13.2. The minimum absolute atomic E-state index is 0.00871. The van der Waals surface area contributed by atoms with Gasteiger partial charge in [0.2, 0.25) is 5.91 Å². The van der Waals surface area contributed by atoms with Gasteiger partial charge in [0.25, 0.3) is 5.56 Å². The van der Waals surface area contributed by atoms with Crippen LogP contribution in [0.3, 0.4) is 0 Å². The highest BCUT2D eigenvalue weighted by atomic mass is 32.2. The molecule has 0 spiro atoms. The van der Waals surface area contributed by atoms with Crippen LogP contribution in [0.15, 0.2) is 34.2 Å². The third-order valence-electron chi connectivity index (χ3n) is 5.30. The van der Waals surface area contributed by atoms with Crippen LogP contribution >= 0.6 is 23.1 Å². The maximum absolute atomic E-state index is 13.2. The van der Waals surface area contributed by atoms with Gasteiger partial charge in [-0.1, -0.05) is 43.3 Å². The van der Waals surface area contributed by atoms with Crippen molar-refractivity contribution in [3.05, 3.63) is 50.6 Å². The van der Waals surface area contributed by atoms with E-state index in [1.807, 2.05) is 45.0 Å². The Kier molecular flexibility index (Phi) is 7.78. The van der Waals surface area contributed by atoms with Crippen LogP contribution in [0.4, 0.5) is 0 Å². The molecule has 0 aliphatic heterocycles. The first kappa shape index (κ1) is 23.3. The van der Waals surface area contributed by atoms with Gasteiger partial charge in [-0.15, -0.1) is 11.3 Å². The van der Waals surface area contributed by atoms with E-state index >= 15 is 0 Å². The van der Waals surface area contributed by atoms with Gasteiger partial charge in [-0.2, -0.15) is 0 Å². The minimum Gasteiger partial charge on any atom is -0.496 e. The summed E-state index contributed by atoms with van der Waals surface area (Å²) >= 11 is 2.85. The summed E-state index contributed by atoms with van der Waals surface area (Å²) in [6.07, 6.45) is 1.87. The second kappa shape index (κ2) is 10.3. The number of nitrogens with one attached hydrogen (secondary N) is 1. The number of ether oxygens (including phenoxy) is 1. The van der Waals surface area contributed by atoms with Crippen LogP contribution in [0.2, 0.25) is 0 Å². The highest BCUT2D eigenvalue weighted by molar-refractivity contribution is 7.99. The number of fused-ring (bicyclic) bond motifs is 1. The number of aromatic nitrogens is 2. The summed E-state index contributed by atoms with van der Waals surface area (Å²) in [6.45, 7) is 8.61. The number of carbonyl (C=O) groups excluding carboxylic acids is 1. The smallest absolute Gasteiger partial charge is 0.263 e. The summed E-state index contributed by atoms with van der Waals surface area (Å²) in [5.41, 5.74) is 1.92. The van der Waals surface area contributed by atoms with E-state index in [2.05, 4.69) is 12.2 Å². The summed E-state index contributed by atoms with van der Waals surface area (Å²) in [7, 11) is 1.62. The van der Waals surface area contributed by atoms with Crippen LogP contribution in [0, 0.1) is 13.8 Å². The average molecular weight is 460 g/mol. The molecule has 1 aromatic carbocycles. The van der Waals surface area contributed by atoms with E-state index in [0.717, 1.165) is 39.4 Å². The van der Waals surface area contributed by atoms with E-state index < -0.39 is 0 Å². The molecule has 0 saturated carbocycles. The second-order valence-corrected chi connectivity index (χ2v) is 9.63. The lowest BCUT2D eigenvalue weighted by Gasteiger charge is -2.17. The fourth-order valence-corrected chi connectivity index (χ4v) is 5.35. The Balaban J connectivity index is 1.79. The monoisotopic (exact) mass is 459 g/mol. The maximum Gasteiger partial charge on any atom is 0.263 e. The van der Waals surface area contributed by atoms with Crippen molar-refractivity contribution >= 4 is 39.2 Å². The van der Waals surface area contributed by atoms with Gasteiger partial charge in [0, 0.05) is 17.0 Å². The lowest BCUT2D eigenvalue weighted by molar-refractivity contribution is -0.119. The standard InChI is InChI=1S/C23H29N3O3S2/c1-6-7-12-26-22(28)20-14(2)16(4)31-21(20)25-23(26)30-13-19(27)24-15(3)17-10-8-9-11-18(17)29-5/h8-11,15H,6-7,12-13H2,1-5H3,(H,24,27). The van der Waals surface area contributed by atoms with E-state index in [9.17, 15) is 9.59 Å². The number of aryl methyl sites for hydroxylation is 2. The number of rotatable bonds is 9. The summed E-state index contributed by atoms with van der Waals surface area (Å²) in [6, 6.07) is 7.45. The Morgan fingerprint density at radius 3 is 2.77 bits per heavy atom. The largest absolute Gasteiger partial charge is 0.496 e. The summed E-state index contributed by atoms with van der Waals surface area (Å²) < 4.78 is 7.12. The molecule has 0 aliphatic carbocycles. The molecule has 2 heterocycles. The SMILES string of the molecule is CCCCn1c(SCC(=O)NC(C)c2ccccc2OC)nc2sc(C)c(C)c2c1=O. The highest BCUT2D eigenvalue weighted by Crippen LogP contribution is 2.29. The van der Waals surface area contributed by atoms with Gasteiger partial charge < -0.3 is 10.1 Å². The van der Waals surface area contributed by atoms with Crippen molar-refractivity contribution < 1.29 is 9.53 Å². The fraction of sp³-hybridized carbons (Fsp3) is 0.435. The Bertz CT molecular complexity index is 1140. The van der Waals surface area contributed by atoms with E-state index in [4.69, 9.17) is 9.72 Å². The first-order valence-electron chi connectivity index (χ1n) is 10.4. The minimum atomic E-state index is -0.190. The molecule has 8 heteroatoms. The normalized spacial score (nSPS) is 12.2. The van der Waals surface area contributed by atoms with Gasteiger partial charge in [-0.3, -0.25) is 14.2 Å². The molecule has 31 heavy (non-hydrogen) atoms. The summed E-state index contributed by atoms with van der Waals surface area (Å²) in [5.74, 6) is 0.817. The predicted molar refractivity (Wildman–Crippen MR) is 129 cm³/mol. The topological polar surface area (TPSA) is 73.2 Å². The number of unbranched alkanes of at least 4 members (excludes halogenated alkanes) is 1. The van der Waals surface area contributed by atoms with E-state index in [-0.39, 0.29) is 23.3 Å². The zero-order chi connectivity index (χ0) is 22.5. The molecule has 1 amide bonds. The number of amides is 1. The van der Waals surface area contributed by atoms with Crippen LogP contribution in [-0.2, 0) is 11.3 Å². The van der Waals surface area contributed by atoms with E-state index in [0.29, 0.717) is 17.1 Å².